The molecule has 128 valence electrons. The molecule has 1 N–H and O–H groups in total. The van der Waals surface area contributed by atoms with Crippen LogP contribution in [-0.4, -0.2) is 42.4 Å². The second kappa shape index (κ2) is 8.84. The fourth-order valence-corrected chi connectivity index (χ4v) is 2.94. The van der Waals surface area contributed by atoms with Crippen LogP contribution < -0.4 is 5.32 Å². The van der Waals surface area contributed by atoms with Gasteiger partial charge in [-0.1, -0.05) is 0 Å². The van der Waals surface area contributed by atoms with Gasteiger partial charge in [-0.15, -0.1) is 12.4 Å². The van der Waals surface area contributed by atoms with Gasteiger partial charge in [0.15, 0.2) is 0 Å². The van der Waals surface area contributed by atoms with Crippen molar-refractivity contribution in [2.45, 2.75) is 26.2 Å². The molecule has 7 heteroatoms. The van der Waals surface area contributed by atoms with Gasteiger partial charge in [-0.2, -0.15) is 0 Å². The van der Waals surface area contributed by atoms with Crippen molar-refractivity contribution >= 4 is 24.0 Å². The lowest BCUT2D eigenvalue weighted by atomic mass is 9.93. The third-order valence-corrected chi connectivity index (χ3v) is 4.36. The Kier molecular flexibility index (Phi) is 7.45. The van der Waals surface area contributed by atoms with E-state index in [9.17, 15) is 14.9 Å². The molecule has 0 bridgehead atoms. The first-order valence-electron chi connectivity index (χ1n) is 7.72. The molecule has 1 amide bonds. The van der Waals surface area contributed by atoms with Crippen molar-refractivity contribution in [2.75, 3.05) is 26.7 Å². The van der Waals surface area contributed by atoms with Crippen molar-refractivity contribution in [1.82, 2.24) is 10.2 Å². The molecule has 1 aromatic carbocycles. The maximum Gasteiger partial charge on any atom is 0.269 e. The lowest BCUT2D eigenvalue weighted by Crippen LogP contribution is -2.39. The van der Waals surface area contributed by atoms with E-state index >= 15 is 0 Å². The highest BCUT2D eigenvalue weighted by molar-refractivity contribution is 5.96. The van der Waals surface area contributed by atoms with E-state index in [4.69, 9.17) is 0 Å². The van der Waals surface area contributed by atoms with Crippen LogP contribution in [0.1, 0.15) is 35.2 Å². The van der Waals surface area contributed by atoms with E-state index in [0.29, 0.717) is 17.0 Å². The molecule has 1 saturated heterocycles. The first-order valence-corrected chi connectivity index (χ1v) is 7.72. The minimum Gasteiger partial charge on any atom is -0.339 e. The molecule has 1 aliphatic heterocycles. The third kappa shape index (κ3) is 4.91. The summed E-state index contributed by atoms with van der Waals surface area (Å²) in [6.07, 6.45) is 3.20. The van der Waals surface area contributed by atoms with E-state index in [2.05, 4.69) is 5.32 Å². The van der Waals surface area contributed by atoms with E-state index in [0.717, 1.165) is 38.9 Å². The first kappa shape index (κ1) is 19.4. The number of nitrogens with one attached hydrogen (secondary N) is 1. The average Bonchev–Trinajstić information content (AvgIpc) is 2.52. The SMILES string of the molecule is CNCCC1CCN(C(=O)c2ccc([N+](=O)[O-])cc2C)CC1.Cl. The molecule has 0 unspecified atom stereocenters. The number of aryl methyl sites for hydroxylation is 1. The molecule has 0 spiro atoms. The zero-order chi connectivity index (χ0) is 16.1. The van der Waals surface area contributed by atoms with Gasteiger partial charge in [0.05, 0.1) is 4.92 Å². The van der Waals surface area contributed by atoms with E-state index in [1.165, 1.54) is 12.1 Å². The number of nitro benzene ring substituents is 1. The van der Waals surface area contributed by atoms with Gasteiger partial charge < -0.3 is 10.2 Å². The van der Waals surface area contributed by atoms with Crippen LogP contribution >= 0.6 is 12.4 Å². The minimum atomic E-state index is -0.436. The van der Waals surface area contributed by atoms with Gasteiger partial charge in [0.1, 0.15) is 0 Å². The predicted octanol–water partition coefficient (Wildman–Crippen LogP) is 2.79. The number of piperidine rings is 1. The standard InChI is InChI=1S/C16H23N3O3.ClH/c1-12-11-14(19(21)22)3-4-15(12)16(20)18-9-6-13(7-10-18)5-8-17-2;/h3-4,11,13,17H,5-10H2,1-2H3;1H. The van der Waals surface area contributed by atoms with Gasteiger partial charge in [-0.3, -0.25) is 14.9 Å². The molecule has 1 aromatic rings. The first-order chi connectivity index (χ1) is 10.5. The summed E-state index contributed by atoms with van der Waals surface area (Å²) in [7, 11) is 1.95. The lowest BCUT2D eigenvalue weighted by molar-refractivity contribution is -0.384. The summed E-state index contributed by atoms with van der Waals surface area (Å²) in [6, 6.07) is 4.44. The Morgan fingerprint density at radius 2 is 2.04 bits per heavy atom. The monoisotopic (exact) mass is 341 g/mol. The van der Waals surface area contributed by atoms with Crippen LogP contribution in [0.2, 0.25) is 0 Å². The van der Waals surface area contributed by atoms with Gasteiger partial charge >= 0.3 is 0 Å². The Morgan fingerprint density at radius 1 is 1.39 bits per heavy atom. The number of hydrogen-bond acceptors (Lipinski definition) is 4. The molecule has 1 aliphatic rings. The van der Waals surface area contributed by atoms with Crippen molar-refractivity contribution < 1.29 is 9.72 Å². The summed E-state index contributed by atoms with van der Waals surface area (Å²) in [4.78, 5) is 24.8. The highest BCUT2D eigenvalue weighted by atomic mass is 35.5. The van der Waals surface area contributed by atoms with E-state index < -0.39 is 4.92 Å². The van der Waals surface area contributed by atoms with Gasteiger partial charge in [0, 0.05) is 30.8 Å². The van der Waals surface area contributed by atoms with E-state index in [1.807, 2.05) is 11.9 Å². The number of carbonyl (C=O) groups excluding carboxylic acids is 1. The van der Waals surface area contributed by atoms with Crippen LogP contribution in [0, 0.1) is 23.0 Å². The molecular formula is C16H24ClN3O3. The summed E-state index contributed by atoms with van der Waals surface area (Å²) < 4.78 is 0. The third-order valence-electron chi connectivity index (χ3n) is 4.36. The second-order valence-corrected chi connectivity index (χ2v) is 5.88. The zero-order valence-corrected chi connectivity index (χ0v) is 14.4. The number of carbonyl (C=O) groups is 1. The van der Waals surface area contributed by atoms with Crippen molar-refractivity contribution in [3.05, 3.63) is 39.4 Å². The number of nitro groups is 1. The quantitative estimate of drug-likeness (QED) is 0.660. The smallest absolute Gasteiger partial charge is 0.269 e. The number of non-ortho nitro benzene ring substituents is 1. The molecule has 23 heavy (non-hydrogen) atoms. The topological polar surface area (TPSA) is 75.5 Å². The summed E-state index contributed by atoms with van der Waals surface area (Å²) in [6.45, 7) is 4.30. The van der Waals surface area contributed by atoms with Crippen LogP contribution in [0.5, 0.6) is 0 Å². The Labute approximate surface area is 142 Å². The second-order valence-electron chi connectivity index (χ2n) is 5.88. The number of rotatable bonds is 5. The number of halogens is 1. The summed E-state index contributed by atoms with van der Waals surface area (Å²) >= 11 is 0. The molecule has 1 fully saturated rings. The zero-order valence-electron chi connectivity index (χ0n) is 13.6. The van der Waals surface area contributed by atoms with Gasteiger partial charge in [0.25, 0.3) is 11.6 Å². The molecule has 1 heterocycles. The molecule has 0 saturated carbocycles. The van der Waals surface area contributed by atoms with Crippen molar-refractivity contribution in [3.63, 3.8) is 0 Å². The normalized spacial score (nSPS) is 15.1. The Hall–Kier alpha value is -1.66. The number of amides is 1. The van der Waals surface area contributed by atoms with Crippen LogP contribution in [0.15, 0.2) is 18.2 Å². The fourth-order valence-electron chi connectivity index (χ4n) is 2.94. The van der Waals surface area contributed by atoms with Crippen LogP contribution in [0.25, 0.3) is 0 Å². The van der Waals surface area contributed by atoms with Gasteiger partial charge in [-0.25, -0.2) is 0 Å². The van der Waals surface area contributed by atoms with Crippen molar-refractivity contribution in [3.8, 4) is 0 Å². The van der Waals surface area contributed by atoms with Crippen molar-refractivity contribution in [2.24, 2.45) is 5.92 Å². The molecule has 0 aliphatic carbocycles. The average molecular weight is 342 g/mol. The van der Waals surface area contributed by atoms with Gasteiger partial charge in [0.2, 0.25) is 0 Å². The molecule has 0 atom stereocenters. The van der Waals surface area contributed by atoms with Crippen LogP contribution in [0.4, 0.5) is 5.69 Å². The molecule has 0 radical (unpaired) electrons. The minimum absolute atomic E-state index is 0. The Morgan fingerprint density at radius 3 is 2.57 bits per heavy atom. The highest BCUT2D eigenvalue weighted by Crippen LogP contribution is 2.23. The summed E-state index contributed by atoms with van der Waals surface area (Å²) in [5.74, 6) is 0.661. The van der Waals surface area contributed by atoms with Crippen LogP contribution in [-0.2, 0) is 0 Å². The van der Waals surface area contributed by atoms with Crippen molar-refractivity contribution in [1.29, 1.82) is 0 Å². The van der Waals surface area contributed by atoms with Gasteiger partial charge in [-0.05, 0) is 57.3 Å². The Bertz CT molecular complexity index is 558. The maximum atomic E-state index is 12.6. The number of hydrogen-bond donors (Lipinski definition) is 1. The lowest BCUT2D eigenvalue weighted by Gasteiger charge is -2.32. The van der Waals surface area contributed by atoms with E-state index in [1.54, 1.807) is 13.0 Å². The molecular weight excluding hydrogens is 318 g/mol. The molecule has 0 aromatic heterocycles. The molecule has 6 nitrogen and oxygen atoms in total. The fraction of sp³-hybridized carbons (Fsp3) is 0.562. The number of nitrogens with zero attached hydrogens (tertiary/aromatic N) is 2. The number of benzene rings is 1. The highest BCUT2D eigenvalue weighted by Gasteiger charge is 2.24. The number of likely N-dealkylation sites (tertiary alicyclic amines) is 1. The predicted molar refractivity (Wildman–Crippen MR) is 92.3 cm³/mol. The summed E-state index contributed by atoms with van der Waals surface area (Å²) in [5.41, 5.74) is 1.26. The maximum absolute atomic E-state index is 12.6. The largest absolute Gasteiger partial charge is 0.339 e. The molecule has 2 rings (SSSR count). The van der Waals surface area contributed by atoms with Crippen LogP contribution in [0.3, 0.4) is 0 Å². The summed E-state index contributed by atoms with van der Waals surface area (Å²) in [5, 5.41) is 13.9. The van der Waals surface area contributed by atoms with E-state index in [-0.39, 0.29) is 24.0 Å². The Balaban J connectivity index is 0.00000264.